The van der Waals surface area contributed by atoms with Gasteiger partial charge >= 0.3 is 0 Å². The quantitative estimate of drug-likeness (QED) is 0.607. The second kappa shape index (κ2) is 8.01. The molecule has 4 rings (SSSR count). The first-order valence-electron chi connectivity index (χ1n) is 9.32. The third kappa shape index (κ3) is 3.88. The molecule has 1 aromatic carbocycles. The average Bonchev–Trinajstić information content (AvgIpc) is 3.29. The fourth-order valence-electron chi connectivity index (χ4n) is 3.71. The Morgan fingerprint density at radius 1 is 1.15 bits per heavy atom. The zero-order chi connectivity index (χ0) is 18.8. The Kier molecular flexibility index (Phi) is 5.48. The summed E-state index contributed by atoms with van der Waals surface area (Å²) in [6.07, 6.45) is 6.91. The number of nitrogens with one attached hydrogen (secondary N) is 1. The van der Waals surface area contributed by atoms with Gasteiger partial charge in [0.15, 0.2) is 0 Å². The lowest BCUT2D eigenvalue weighted by atomic mass is 10.1. The second-order valence-electron chi connectivity index (χ2n) is 7.01. The molecule has 1 aliphatic rings. The highest BCUT2D eigenvalue weighted by Crippen LogP contribution is 2.32. The molecule has 0 radical (unpaired) electrons. The molecule has 2 heterocycles. The van der Waals surface area contributed by atoms with E-state index in [2.05, 4.69) is 17.2 Å². The van der Waals surface area contributed by atoms with Gasteiger partial charge in [0.2, 0.25) is 0 Å². The molecule has 0 saturated heterocycles. The summed E-state index contributed by atoms with van der Waals surface area (Å²) in [5, 5.41) is 9.72. The monoisotopic (exact) mass is 400 g/mol. The van der Waals surface area contributed by atoms with Crippen LogP contribution < -0.4 is 5.32 Å². The van der Waals surface area contributed by atoms with Crippen molar-refractivity contribution in [3.8, 4) is 17.1 Å². The second-order valence-corrected chi connectivity index (χ2v) is 7.85. The van der Waals surface area contributed by atoms with Gasteiger partial charge in [-0.1, -0.05) is 42.1 Å². The van der Waals surface area contributed by atoms with Gasteiger partial charge in [-0.05, 0) is 50.1 Å². The predicted octanol–water partition coefficient (Wildman–Crippen LogP) is 5.58. The van der Waals surface area contributed by atoms with Crippen molar-refractivity contribution in [2.24, 2.45) is 0 Å². The minimum absolute atomic E-state index is 0.567. The van der Waals surface area contributed by atoms with E-state index < -0.39 is 0 Å². The standard InChI is InChI=1S/C21H22Cl2N4/c1-14-19(13-25-16-6-2-3-7-16)26-27(20-10-9-15(22)12-17(20)23)21(14)18-8-4-5-11-24-18/h4-5,8-12,16,25H,2-3,6-7,13H2,1H3. The lowest BCUT2D eigenvalue weighted by Gasteiger charge is -2.10. The summed E-state index contributed by atoms with van der Waals surface area (Å²) < 4.78 is 1.89. The molecule has 1 saturated carbocycles. The van der Waals surface area contributed by atoms with Gasteiger partial charge in [-0.3, -0.25) is 4.98 Å². The van der Waals surface area contributed by atoms with Crippen molar-refractivity contribution in [3.05, 3.63) is 63.9 Å². The van der Waals surface area contributed by atoms with Gasteiger partial charge in [0.25, 0.3) is 0 Å². The number of hydrogen-bond acceptors (Lipinski definition) is 3. The van der Waals surface area contributed by atoms with E-state index in [0.29, 0.717) is 16.1 Å². The Hall–Kier alpha value is -1.88. The highest BCUT2D eigenvalue weighted by atomic mass is 35.5. The molecular formula is C21H22Cl2N4. The van der Waals surface area contributed by atoms with Gasteiger partial charge in [0, 0.05) is 29.4 Å². The van der Waals surface area contributed by atoms with Gasteiger partial charge in [-0.15, -0.1) is 0 Å². The number of aromatic nitrogens is 3. The van der Waals surface area contributed by atoms with E-state index in [1.165, 1.54) is 25.7 Å². The zero-order valence-corrected chi connectivity index (χ0v) is 16.8. The van der Waals surface area contributed by atoms with Crippen molar-refractivity contribution in [2.45, 2.75) is 45.2 Å². The third-order valence-corrected chi connectivity index (χ3v) is 5.72. The third-order valence-electron chi connectivity index (χ3n) is 5.18. The maximum absolute atomic E-state index is 6.48. The smallest absolute Gasteiger partial charge is 0.0958 e. The molecule has 2 aromatic heterocycles. The van der Waals surface area contributed by atoms with Crippen LogP contribution in [0.25, 0.3) is 17.1 Å². The molecule has 1 N–H and O–H groups in total. The van der Waals surface area contributed by atoms with Crippen LogP contribution in [0.3, 0.4) is 0 Å². The summed E-state index contributed by atoms with van der Waals surface area (Å²) in [5.41, 5.74) is 4.78. The molecule has 27 heavy (non-hydrogen) atoms. The minimum atomic E-state index is 0.567. The molecule has 6 heteroatoms. The molecule has 0 spiro atoms. The van der Waals surface area contributed by atoms with Crippen molar-refractivity contribution < 1.29 is 0 Å². The Bertz CT molecular complexity index is 931. The van der Waals surface area contributed by atoms with Crippen LogP contribution >= 0.6 is 23.2 Å². The highest BCUT2D eigenvalue weighted by Gasteiger charge is 2.21. The normalized spacial score (nSPS) is 14.8. The Labute approximate surface area is 169 Å². The van der Waals surface area contributed by atoms with Gasteiger partial charge in [-0.25, -0.2) is 4.68 Å². The SMILES string of the molecule is Cc1c(CNC2CCCC2)nn(-c2ccc(Cl)cc2Cl)c1-c1ccccn1. The van der Waals surface area contributed by atoms with Crippen molar-refractivity contribution in [1.29, 1.82) is 0 Å². The number of hydrogen-bond donors (Lipinski definition) is 1. The number of benzene rings is 1. The van der Waals surface area contributed by atoms with Crippen LogP contribution in [0, 0.1) is 6.92 Å². The molecule has 1 fully saturated rings. The average molecular weight is 401 g/mol. The van der Waals surface area contributed by atoms with Crippen molar-refractivity contribution in [1.82, 2.24) is 20.1 Å². The largest absolute Gasteiger partial charge is 0.308 e. The molecule has 0 aliphatic heterocycles. The van der Waals surface area contributed by atoms with Crippen LogP contribution in [0.15, 0.2) is 42.6 Å². The fourth-order valence-corrected chi connectivity index (χ4v) is 4.20. The van der Waals surface area contributed by atoms with E-state index in [1.807, 2.05) is 35.0 Å². The molecule has 0 amide bonds. The highest BCUT2D eigenvalue weighted by molar-refractivity contribution is 6.35. The molecular weight excluding hydrogens is 379 g/mol. The lowest BCUT2D eigenvalue weighted by Crippen LogP contribution is -2.25. The molecule has 0 unspecified atom stereocenters. The summed E-state index contributed by atoms with van der Waals surface area (Å²) in [6, 6.07) is 12.0. The minimum Gasteiger partial charge on any atom is -0.308 e. The molecule has 1 aliphatic carbocycles. The Morgan fingerprint density at radius 2 is 1.96 bits per heavy atom. The van der Waals surface area contributed by atoms with E-state index in [4.69, 9.17) is 28.3 Å². The van der Waals surface area contributed by atoms with Crippen LogP contribution in [-0.4, -0.2) is 20.8 Å². The van der Waals surface area contributed by atoms with Crippen LogP contribution in [0.5, 0.6) is 0 Å². The lowest BCUT2D eigenvalue weighted by molar-refractivity contribution is 0.517. The number of halogens is 2. The maximum atomic E-state index is 6.48. The summed E-state index contributed by atoms with van der Waals surface area (Å²) >= 11 is 12.6. The van der Waals surface area contributed by atoms with Gasteiger partial charge in [-0.2, -0.15) is 5.10 Å². The Balaban J connectivity index is 1.77. The van der Waals surface area contributed by atoms with E-state index in [0.717, 1.165) is 34.9 Å². The van der Waals surface area contributed by atoms with Gasteiger partial charge in [0.05, 0.1) is 27.8 Å². The van der Waals surface area contributed by atoms with E-state index in [1.54, 1.807) is 12.3 Å². The van der Waals surface area contributed by atoms with E-state index in [-0.39, 0.29) is 0 Å². The predicted molar refractivity (Wildman–Crippen MR) is 111 cm³/mol. The topological polar surface area (TPSA) is 42.7 Å². The first-order valence-corrected chi connectivity index (χ1v) is 10.1. The van der Waals surface area contributed by atoms with Gasteiger partial charge < -0.3 is 5.32 Å². The molecule has 0 bridgehead atoms. The molecule has 140 valence electrons. The van der Waals surface area contributed by atoms with Crippen LogP contribution in [-0.2, 0) is 6.54 Å². The number of rotatable bonds is 5. The molecule has 0 atom stereocenters. The summed E-state index contributed by atoms with van der Waals surface area (Å²) in [4.78, 5) is 4.54. The zero-order valence-electron chi connectivity index (χ0n) is 15.3. The number of pyridine rings is 1. The molecule has 3 aromatic rings. The van der Waals surface area contributed by atoms with Gasteiger partial charge in [0.1, 0.15) is 0 Å². The first-order chi connectivity index (χ1) is 13.1. The maximum Gasteiger partial charge on any atom is 0.0958 e. The van der Waals surface area contributed by atoms with Crippen molar-refractivity contribution in [3.63, 3.8) is 0 Å². The Morgan fingerprint density at radius 3 is 2.67 bits per heavy atom. The van der Waals surface area contributed by atoms with Crippen molar-refractivity contribution in [2.75, 3.05) is 0 Å². The molecule has 4 nitrogen and oxygen atoms in total. The van der Waals surface area contributed by atoms with E-state index in [9.17, 15) is 0 Å². The fraction of sp³-hybridized carbons (Fsp3) is 0.333. The van der Waals surface area contributed by atoms with Crippen LogP contribution in [0.4, 0.5) is 0 Å². The van der Waals surface area contributed by atoms with E-state index >= 15 is 0 Å². The summed E-state index contributed by atoms with van der Waals surface area (Å²) in [6.45, 7) is 2.84. The summed E-state index contributed by atoms with van der Waals surface area (Å²) in [5.74, 6) is 0. The first kappa shape index (κ1) is 18.5. The number of nitrogens with zero attached hydrogens (tertiary/aromatic N) is 3. The van der Waals surface area contributed by atoms with Crippen LogP contribution in [0.1, 0.15) is 36.9 Å². The van der Waals surface area contributed by atoms with Crippen molar-refractivity contribution >= 4 is 23.2 Å². The van der Waals surface area contributed by atoms with Crippen LogP contribution in [0.2, 0.25) is 10.0 Å². The summed E-state index contributed by atoms with van der Waals surface area (Å²) in [7, 11) is 0.